The van der Waals surface area contributed by atoms with Crippen LogP contribution in [-0.2, 0) is 9.53 Å². The number of piperidine rings is 1. The largest absolute Gasteiger partial charge is 0.384 e. The van der Waals surface area contributed by atoms with Crippen LogP contribution in [0.25, 0.3) is 0 Å². The molecule has 4 nitrogen and oxygen atoms in total. The fraction of sp³-hybridized carbons (Fsp3) is 0.588. The van der Waals surface area contributed by atoms with Crippen molar-refractivity contribution in [2.45, 2.75) is 24.2 Å². The lowest BCUT2D eigenvalue weighted by atomic mass is 9.79. The van der Waals surface area contributed by atoms with Gasteiger partial charge in [-0.05, 0) is 38.1 Å². The minimum Gasteiger partial charge on any atom is -0.384 e. The van der Waals surface area contributed by atoms with Crippen molar-refractivity contribution in [1.82, 2.24) is 10.6 Å². The summed E-state index contributed by atoms with van der Waals surface area (Å²) in [7, 11) is 1.73. The summed E-state index contributed by atoms with van der Waals surface area (Å²) in [6.45, 7) is 3.37. The van der Waals surface area contributed by atoms with Crippen LogP contribution in [0.15, 0.2) is 29.2 Å². The molecule has 2 rings (SSSR count). The molecule has 0 radical (unpaired) electrons. The van der Waals surface area contributed by atoms with E-state index in [2.05, 4.69) is 10.6 Å². The highest BCUT2D eigenvalue weighted by Gasteiger charge is 2.32. The molecule has 6 heteroatoms. The molecular formula is C17H25ClN2O2S. The minimum absolute atomic E-state index is 0.0749. The van der Waals surface area contributed by atoms with Gasteiger partial charge in [0.05, 0.1) is 11.6 Å². The Kier molecular flexibility index (Phi) is 7.70. The Balaban J connectivity index is 1.72. The van der Waals surface area contributed by atoms with Gasteiger partial charge in [-0.3, -0.25) is 4.79 Å². The molecule has 1 aliphatic rings. The number of benzene rings is 1. The highest BCUT2D eigenvalue weighted by molar-refractivity contribution is 7.99. The number of rotatable bonds is 8. The van der Waals surface area contributed by atoms with Crippen molar-refractivity contribution in [2.24, 2.45) is 5.41 Å². The Morgan fingerprint density at radius 2 is 2.13 bits per heavy atom. The van der Waals surface area contributed by atoms with Gasteiger partial charge >= 0.3 is 0 Å². The Morgan fingerprint density at radius 1 is 1.39 bits per heavy atom. The van der Waals surface area contributed by atoms with Crippen molar-refractivity contribution in [1.29, 1.82) is 0 Å². The summed E-state index contributed by atoms with van der Waals surface area (Å²) >= 11 is 7.73. The molecule has 23 heavy (non-hydrogen) atoms. The first-order valence-corrected chi connectivity index (χ1v) is 9.35. The maximum atomic E-state index is 12.1. The van der Waals surface area contributed by atoms with Crippen LogP contribution in [0.1, 0.15) is 19.3 Å². The van der Waals surface area contributed by atoms with Gasteiger partial charge < -0.3 is 15.4 Å². The van der Waals surface area contributed by atoms with Crippen molar-refractivity contribution in [3.63, 3.8) is 0 Å². The number of hydrogen-bond acceptors (Lipinski definition) is 4. The number of halogens is 1. The maximum Gasteiger partial charge on any atom is 0.220 e. The molecule has 0 atom stereocenters. The fourth-order valence-electron chi connectivity index (χ4n) is 2.83. The lowest BCUT2D eigenvalue weighted by Crippen LogP contribution is -2.47. The summed E-state index contributed by atoms with van der Waals surface area (Å²) in [5.41, 5.74) is 0.0749. The third kappa shape index (κ3) is 5.99. The van der Waals surface area contributed by atoms with E-state index in [0.717, 1.165) is 41.6 Å². The summed E-state index contributed by atoms with van der Waals surface area (Å²) < 4.78 is 5.37. The standard InChI is InChI=1S/C17H25ClN2O2S/c1-22-13-17(7-9-19-10-8-17)12-20-16(21)6-11-23-15-5-3-2-4-14(15)18/h2-5,19H,6-13H2,1H3,(H,20,21). The van der Waals surface area contributed by atoms with Crippen LogP contribution in [0.5, 0.6) is 0 Å². The number of amides is 1. The maximum absolute atomic E-state index is 12.1. The second-order valence-corrected chi connectivity index (χ2v) is 7.53. The smallest absolute Gasteiger partial charge is 0.220 e. The van der Waals surface area contributed by atoms with Crippen LogP contribution in [0.4, 0.5) is 0 Å². The number of carbonyl (C=O) groups is 1. The molecule has 1 fully saturated rings. The second-order valence-electron chi connectivity index (χ2n) is 5.99. The van der Waals surface area contributed by atoms with Crippen LogP contribution in [0, 0.1) is 5.41 Å². The number of ether oxygens (including phenoxy) is 1. The van der Waals surface area contributed by atoms with E-state index in [4.69, 9.17) is 16.3 Å². The van der Waals surface area contributed by atoms with Crippen LogP contribution in [0.3, 0.4) is 0 Å². The summed E-state index contributed by atoms with van der Waals surface area (Å²) in [4.78, 5) is 13.1. The van der Waals surface area contributed by atoms with Gasteiger partial charge in [-0.25, -0.2) is 0 Å². The normalized spacial score (nSPS) is 17.0. The Hall–Kier alpha value is -0.750. The van der Waals surface area contributed by atoms with E-state index in [1.165, 1.54) is 0 Å². The topological polar surface area (TPSA) is 50.4 Å². The molecule has 1 aromatic rings. The molecule has 0 saturated carbocycles. The van der Waals surface area contributed by atoms with Crippen molar-refractivity contribution in [2.75, 3.05) is 39.1 Å². The van der Waals surface area contributed by atoms with Gasteiger partial charge in [0.1, 0.15) is 0 Å². The molecular weight excluding hydrogens is 332 g/mol. The van der Waals surface area contributed by atoms with Gasteiger partial charge in [-0.15, -0.1) is 11.8 Å². The summed E-state index contributed by atoms with van der Waals surface area (Å²) in [5.74, 6) is 0.826. The molecule has 2 N–H and O–H groups in total. The molecule has 0 unspecified atom stereocenters. The average Bonchev–Trinajstić information content (AvgIpc) is 2.56. The lowest BCUT2D eigenvalue weighted by Gasteiger charge is -2.37. The highest BCUT2D eigenvalue weighted by atomic mass is 35.5. The van der Waals surface area contributed by atoms with Crippen molar-refractivity contribution in [3.8, 4) is 0 Å². The first kappa shape index (κ1) is 18.6. The van der Waals surface area contributed by atoms with E-state index in [1.54, 1.807) is 18.9 Å². The van der Waals surface area contributed by atoms with Gasteiger partial charge in [-0.2, -0.15) is 0 Å². The molecule has 0 aromatic heterocycles. The number of carbonyl (C=O) groups excluding carboxylic acids is 1. The first-order chi connectivity index (χ1) is 11.2. The SMILES string of the molecule is COCC1(CNC(=O)CCSc2ccccc2Cl)CCNCC1. The molecule has 1 aliphatic heterocycles. The first-order valence-electron chi connectivity index (χ1n) is 7.99. The predicted molar refractivity (Wildman–Crippen MR) is 96.2 cm³/mol. The van der Waals surface area contributed by atoms with Crippen molar-refractivity contribution < 1.29 is 9.53 Å². The van der Waals surface area contributed by atoms with Crippen molar-refractivity contribution in [3.05, 3.63) is 29.3 Å². The number of thioether (sulfide) groups is 1. The molecule has 128 valence electrons. The third-order valence-electron chi connectivity index (χ3n) is 4.20. The van der Waals surface area contributed by atoms with E-state index in [1.807, 2.05) is 24.3 Å². The van der Waals surface area contributed by atoms with E-state index < -0.39 is 0 Å². The van der Waals surface area contributed by atoms with Gasteiger partial charge in [0.2, 0.25) is 5.91 Å². The molecule has 0 aliphatic carbocycles. The van der Waals surface area contributed by atoms with E-state index >= 15 is 0 Å². The van der Waals surface area contributed by atoms with Gasteiger partial charge in [-0.1, -0.05) is 23.7 Å². The van der Waals surface area contributed by atoms with Gasteiger partial charge in [0.15, 0.2) is 0 Å². The number of methoxy groups -OCH3 is 1. The van der Waals surface area contributed by atoms with Crippen LogP contribution in [-0.4, -0.2) is 45.0 Å². The van der Waals surface area contributed by atoms with Crippen LogP contribution >= 0.6 is 23.4 Å². The highest BCUT2D eigenvalue weighted by Crippen LogP contribution is 2.29. The fourth-order valence-corrected chi connectivity index (χ4v) is 4.01. The van der Waals surface area contributed by atoms with Crippen LogP contribution in [0.2, 0.25) is 5.02 Å². The molecule has 0 bridgehead atoms. The number of nitrogens with one attached hydrogen (secondary N) is 2. The van der Waals surface area contributed by atoms with Gasteiger partial charge in [0.25, 0.3) is 0 Å². The van der Waals surface area contributed by atoms with Crippen molar-refractivity contribution >= 4 is 29.3 Å². The quantitative estimate of drug-likeness (QED) is 0.703. The zero-order valence-electron chi connectivity index (χ0n) is 13.6. The van der Waals surface area contributed by atoms with E-state index in [0.29, 0.717) is 19.6 Å². The Labute approximate surface area is 147 Å². The summed E-state index contributed by atoms with van der Waals surface area (Å²) in [6.07, 6.45) is 2.57. The van der Waals surface area contributed by atoms with Crippen LogP contribution < -0.4 is 10.6 Å². The van der Waals surface area contributed by atoms with E-state index in [9.17, 15) is 4.79 Å². The molecule has 1 saturated heterocycles. The molecule has 0 spiro atoms. The summed E-state index contributed by atoms with van der Waals surface area (Å²) in [5, 5.41) is 7.19. The third-order valence-corrected chi connectivity index (χ3v) is 5.72. The second kappa shape index (κ2) is 9.52. The zero-order chi connectivity index (χ0) is 16.5. The zero-order valence-corrected chi connectivity index (χ0v) is 15.1. The summed E-state index contributed by atoms with van der Waals surface area (Å²) in [6, 6.07) is 7.72. The Morgan fingerprint density at radius 3 is 2.83 bits per heavy atom. The minimum atomic E-state index is 0.0749. The number of hydrogen-bond donors (Lipinski definition) is 2. The van der Waals surface area contributed by atoms with E-state index in [-0.39, 0.29) is 11.3 Å². The molecule has 1 heterocycles. The lowest BCUT2D eigenvalue weighted by molar-refractivity contribution is -0.121. The monoisotopic (exact) mass is 356 g/mol. The Bertz CT molecular complexity index is 502. The van der Waals surface area contributed by atoms with Gasteiger partial charge in [0, 0.05) is 36.1 Å². The predicted octanol–water partition coefficient (Wildman–Crippen LogP) is 2.95. The molecule has 1 amide bonds. The molecule has 1 aromatic carbocycles. The average molecular weight is 357 g/mol.